The van der Waals surface area contributed by atoms with Crippen LogP contribution in [-0.2, 0) is 21.2 Å². The van der Waals surface area contributed by atoms with Crippen LogP contribution in [0.1, 0.15) is 27.2 Å². The molecule has 1 fully saturated rings. The quantitative estimate of drug-likeness (QED) is 0.478. The van der Waals surface area contributed by atoms with Gasteiger partial charge in [-0.05, 0) is 48.4 Å². The number of carbonyl (C=O) groups excluding carboxylic acids is 1. The van der Waals surface area contributed by atoms with Crippen LogP contribution in [0.5, 0.6) is 0 Å². The lowest BCUT2D eigenvalue weighted by Crippen LogP contribution is -2.61. The molecule has 34 heavy (non-hydrogen) atoms. The highest BCUT2D eigenvalue weighted by atomic mass is 32.2. The van der Waals surface area contributed by atoms with E-state index in [1.54, 1.807) is 59.8 Å². The third-order valence-corrected chi connectivity index (χ3v) is 7.84. The molecule has 1 aliphatic heterocycles. The molecule has 2 aromatic heterocycles. The van der Waals surface area contributed by atoms with E-state index in [9.17, 15) is 18.3 Å². The number of likely N-dealkylation sites (tertiary alicyclic amines) is 1. The highest BCUT2D eigenvalue weighted by Gasteiger charge is 2.47. The number of hydrogen-bond donors (Lipinski definition) is 1. The molecule has 0 aliphatic carbocycles. The molecule has 1 aliphatic rings. The molecule has 8 heteroatoms. The van der Waals surface area contributed by atoms with Crippen LogP contribution in [-0.4, -0.2) is 47.4 Å². The Bertz CT molecular complexity index is 1490. The van der Waals surface area contributed by atoms with Gasteiger partial charge in [0.1, 0.15) is 5.60 Å². The second-order valence-corrected chi connectivity index (χ2v) is 10.6. The number of β-amino-alcohol motifs (C(OH)–C–C–N with tert-alkyl or cyclic N) is 1. The van der Waals surface area contributed by atoms with Crippen LogP contribution < -0.4 is 0 Å². The van der Waals surface area contributed by atoms with E-state index in [2.05, 4.69) is 9.97 Å². The van der Waals surface area contributed by atoms with Crippen molar-refractivity contribution in [2.75, 3.05) is 13.1 Å². The molecule has 1 N–H and O–H groups in total. The van der Waals surface area contributed by atoms with E-state index in [0.717, 1.165) is 10.9 Å². The second-order valence-electron chi connectivity index (χ2n) is 8.65. The number of benzene rings is 2. The van der Waals surface area contributed by atoms with Crippen molar-refractivity contribution in [2.24, 2.45) is 0 Å². The highest BCUT2D eigenvalue weighted by Crippen LogP contribution is 2.33. The summed E-state index contributed by atoms with van der Waals surface area (Å²) in [6.07, 6.45) is 3.21. The van der Waals surface area contributed by atoms with Crippen LogP contribution in [0.3, 0.4) is 0 Å². The Labute approximate surface area is 197 Å². The van der Waals surface area contributed by atoms with E-state index in [1.165, 1.54) is 0 Å². The largest absolute Gasteiger partial charge is 0.380 e. The highest BCUT2D eigenvalue weighted by molar-refractivity contribution is 7.90. The Kier molecular flexibility index (Phi) is 5.42. The average Bonchev–Trinajstić information content (AvgIpc) is 2.82. The number of carbonyl (C=O) groups is 1. The summed E-state index contributed by atoms with van der Waals surface area (Å²) >= 11 is 0. The number of sulfone groups is 1. The first kappa shape index (κ1) is 22.2. The number of hydrogen-bond acceptors (Lipinski definition) is 6. The Balaban J connectivity index is 1.30. The summed E-state index contributed by atoms with van der Waals surface area (Å²) in [4.78, 5) is 23.1. The molecule has 0 radical (unpaired) electrons. The third-order valence-electron chi connectivity index (χ3n) is 6.13. The van der Waals surface area contributed by atoms with Crippen LogP contribution in [0.2, 0.25) is 0 Å². The van der Waals surface area contributed by atoms with Crippen LogP contribution in [0.15, 0.2) is 84.0 Å². The molecule has 0 unspecified atom stereocenters. The molecular weight excluding hydrogens is 450 g/mol. The Hall–Kier alpha value is -3.62. The van der Waals surface area contributed by atoms with E-state index in [-0.39, 0.29) is 29.6 Å². The Morgan fingerprint density at radius 1 is 0.971 bits per heavy atom. The topological polar surface area (TPSA) is 100 Å². The number of nitrogens with zero attached hydrogens (tertiary/aromatic N) is 3. The number of aliphatic hydroxyl groups is 1. The number of aryl methyl sites for hydroxylation is 1. The molecule has 3 heterocycles. The van der Waals surface area contributed by atoms with Gasteiger partial charge in [-0.1, -0.05) is 36.4 Å². The van der Waals surface area contributed by atoms with Crippen molar-refractivity contribution in [3.8, 4) is 0 Å². The molecule has 0 saturated carbocycles. The van der Waals surface area contributed by atoms with Crippen LogP contribution in [0.4, 0.5) is 0 Å². The van der Waals surface area contributed by atoms with Crippen LogP contribution >= 0.6 is 0 Å². The molecule has 0 bridgehead atoms. The fourth-order valence-electron chi connectivity index (χ4n) is 4.40. The predicted molar refractivity (Wildman–Crippen MR) is 128 cm³/mol. The SMILES string of the molecule is Cc1cccnc1C1(O)CN(C(=O)c2ccc(CS(=O)(=O)c3cccc4cccnc34)cc2)C1. The van der Waals surface area contributed by atoms with Crippen molar-refractivity contribution in [1.82, 2.24) is 14.9 Å². The fraction of sp³-hybridized carbons (Fsp3) is 0.192. The standard InChI is InChI=1S/C26H23N3O4S/c1-18-5-3-14-28-24(18)26(31)16-29(17-26)25(30)21-11-9-19(10-12-21)15-34(32,33)22-8-2-6-20-7-4-13-27-23(20)22/h2-14,31H,15-17H2,1H3. The van der Waals surface area contributed by atoms with E-state index < -0.39 is 15.4 Å². The average molecular weight is 474 g/mol. The molecular formula is C26H23N3O4S. The number of para-hydroxylation sites is 1. The first-order chi connectivity index (χ1) is 16.3. The van der Waals surface area contributed by atoms with Gasteiger partial charge in [0.25, 0.3) is 5.91 Å². The molecule has 0 spiro atoms. The molecule has 4 aromatic rings. The summed E-state index contributed by atoms with van der Waals surface area (Å²) in [5.41, 5.74) is 1.78. The minimum absolute atomic E-state index is 0.161. The first-order valence-electron chi connectivity index (χ1n) is 10.9. The Morgan fingerprint density at radius 2 is 1.65 bits per heavy atom. The smallest absolute Gasteiger partial charge is 0.254 e. The first-order valence-corrected chi connectivity index (χ1v) is 12.5. The monoisotopic (exact) mass is 473 g/mol. The third kappa shape index (κ3) is 3.95. The summed E-state index contributed by atoms with van der Waals surface area (Å²) in [6.45, 7) is 2.20. The fourth-order valence-corrected chi connectivity index (χ4v) is 5.94. The predicted octanol–water partition coefficient (Wildman–Crippen LogP) is 3.26. The lowest BCUT2D eigenvalue weighted by molar-refractivity contribution is -0.0896. The van der Waals surface area contributed by atoms with Crippen molar-refractivity contribution < 1.29 is 18.3 Å². The van der Waals surface area contributed by atoms with Gasteiger partial charge >= 0.3 is 0 Å². The number of amides is 1. The maximum atomic E-state index is 13.1. The lowest BCUT2D eigenvalue weighted by Gasteiger charge is -2.46. The minimum atomic E-state index is -3.63. The molecule has 0 atom stereocenters. The van der Waals surface area contributed by atoms with Crippen molar-refractivity contribution in [3.05, 3.63) is 102 Å². The molecule has 172 valence electrons. The maximum Gasteiger partial charge on any atom is 0.254 e. The van der Waals surface area contributed by atoms with Gasteiger partial charge in [0.15, 0.2) is 9.84 Å². The van der Waals surface area contributed by atoms with E-state index >= 15 is 0 Å². The van der Waals surface area contributed by atoms with Crippen LogP contribution in [0, 0.1) is 6.92 Å². The Morgan fingerprint density at radius 3 is 2.38 bits per heavy atom. The van der Waals surface area contributed by atoms with Crippen molar-refractivity contribution in [3.63, 3.8) is 0 Å². The molecule has 2 aromatic carbocycles. The van der Waals surface area contributed by atoms with Crippen LogP contribution in [0.25, 0.3) is 10.9 Å². The summed E-state index contributed by atoms with van der Waals surface area (Å²) < 4.78 is 26.2. The van der Waals surface area contributed by atoms with Gasteiger partial charge in [0.2, 0.25) is 0 Å². The van der Waals surface area contributed by atoms with Crippen molar-refractivity contribution in [1.29, 1.82) is 0 Å². The van der Waals surface area contributed by atoms with E-state index in [1.807, 2.05) is 31.2 Å². The summed E-state index contributed by atoms with van der Waals surface area (Å²) in [7, 11) is -3.63. The normalized spacial score (nSPS) is 15.2. The molecule has 1 saturated heterocycles. The summed E-state index contributed by atoms with van der Waals surface area (Å²) in [5.74, 6) is -0.412. The van der Waals surface area contributed by atoms with Gasteiger partial charge in [-0.25, -0.2) is 8.42 Å². The van der Waals surface area contributed by atoms with Crippen molar-refractivity contribution in [2.45, 2.75) is 23.2 Å². The zero-order valence-corrected chi connectivity index (χ0v) is 19.4. The van der Waals surface area contributed by atoms with E-state index in [0.29, 0.717) is 22.3 Å². The van der Waals surface area contributed by atoms with Crippen molar-refractivity contribution >= 4 is 26.6 Å². The second kappa shape index (κ2) is 8.30. The molecule has 1 amide bonds. The molecule has 7 nitrogen and oxygen atoms in total. The number of rotatable bonds is 5. The van der Waals surface area contributed by atoms with Gasteiger partial charge in [0, 0.05) is 23.3 Å². The van der Waals surface area contributed by atoms with Gasteiger partial charge in [-0.2, -0.15) is 0 Å². The summed E-state index contributed by atoms with van der Waals surface area (Å²) in [6, 6.07) is 18.9. The molecule has 5 rings (SSSR count). The summed E-state index contributed by atoms with van der Waals surface area (Å²) in [5, 5.41) is 11.6. The number of aromatic nitrogens is 2. The van der Waals surface area contributed by atoms with Gasteiger partial charge in [-0.3, -0.25) is 14.8 Å². The zero-order valence-electron chi connectivity index (χ0n) is 18.5. The van der Waals surface area contributed by atoms with Gasteiger partial charge in [0.05, 0.1) is 34.9 Å². The van der Waals surface area contributed by atoms with Gasteiger partial charge in [-0.15, -0.1) is 0 Å². The number of fused-ring (bicyclic) bond motifs is 1. The van der Waals surface area contributed by atoms with Gasteiger partial charge < -0.3 is 10.0 Å². The number of pyridine rings is 2. The minimum Gasteiger partial charge on any atom is -0.380 e. The maximum absolute atomic E-state index is 13.1. The zero-order chi connectivity index (χ0) is 23.9. The lowest BCUT2D eigenvalue weighted by atomic mass is 9.87. The van der Waals surface area contributed by atoms with E-state index in [4.69, 9.17) is 0 Å².